The number of carbonyl (C=O) groups excluding carboxylic acids is 1. The Hall–Kier alpha value is -1.62. The minimum absolute atomic E-state index is 0.0601. The Balaban J connectivity index is 2.24. The fourth-order valence-corrected chi connectivity index (χ4v) is 2.80. The first-order chi connectivity index (χ1) is 9.67. The van der Waals surface area contributed by atoms with Crippen molar-refractivity contribution in [1.82, 2.24) is 14.7 Å². The normalized spacial score (nSPS) is 12.3. The summed E-state index contributed by atoms with van der Waals surface area (Å²) in [7, 11) is 0. The van der Waals surface area contributed by atoms with Crippen LogP contribution in [0, 0.1) is 0 Å². The van der Waals surface area contributed by atoms with Crippen molar-refractivity contribution < 1.29 is 4.79 Å². The Labute approximate surface area is 124 Å². The fourth-order valence-electron chi connectivity index (χ4n) is 2.14. The standard InChI is InChI=1S/C15H21N3OS/c1-4-12(3)17(10-13-7-9-20-11-13)15(19)14-6-8-16-18(14)5-2/h6-9,11-12H,4-5,10H2,1-3H3/t12-/m0/s1. The van der Waals surface area contributed by atoms with Crippen molar-refractivity contribution in [3.63, 3.8) is 0 Å². The van der Waals surface area contributed by atoms with E-state index in [2.05, 4.69) is 30.4 Å². The number of nitrogens with zero attached hydrogens (tertiary/aromatic N) is 3. The van der Waals surface area contributed by atoms with Crippen LogP contribution < -0.4 is 0 Å². The Kier molecular flexibility index (Phi) is 4.95. The van der Waals surface area contributed by atoms with E-state index < -0.39 is 0 Å². The van der Waals surface area contributed by atoms with Crippen LogP contribution in [0.4, 0.5) is 0 Å². The monoisotopic (exact) mass is 291 g/mol. The van der Waals surface area contributed by atoms with E-state index in [1.54, 1.807) is 28.3 Å². The summed E-state index contributed by atoms with van der Waals surface area (Å²) in [6, 6.07) is 4.09. The molecule has 0 aromatic carbocycles. The summed E-state index contributed by atoms with van der Waals surface area (Å²) in [5, 5.41) is 8.34. The Morgan fingerprint density at radius 1 is 1.45 bits per heavy atom. The molecule has 0 N–H and O–H groups in total. The molecule has 2 rings (SSSR count). The quantitative estimate of drug-likeness (QED) is 0.818. The maximum atomic E-state index is 12.8. The summed E-state index contributed by atoms with van der Waals surface area (Å²) >= 11 is 1.66. The highest BCUT2D eigenvalue weighted by Crippen LogP contribution is 2.17. The molecule has 0 spiro atoms. The van der Waals surface area contributed by atoms with Crippen LogP contribution in [0.25, 0.3) is 0 Å². The molecule has 4 nitrogen and oxygen atoms in total. The van der Waals surface area contributed by atoms with Crippen molar-refractivity contribution in [3.05, 3.63) is 40.3 Å². The molecule has 0 radical (unpaired) electrons. The van der Waals surface area contributed by atoms with Gasteiger partial charge in [0.15, 0.2) is 0 Å². The Bertz CT molecular complexity index is 547. The molecular formula is C15H21N3OS. The zero-order chi connectivity index (χ0) is 14.5. The smallest absolute Gasteiger partial charge is 0.272 e. The number of hydrogen-bond acceptors (Lipinski definition) is 3. The maximum absolute atomic E-state index is 12.8. The van der Waals surface area contributed by atoms with Gasteiger partial charge in [-0.3, -0.25) is 9.48 Å². The molecule has 1 amide bonds. The lowest BCUT2D eigenvalue weighted by molar-refractivity contribution is 0.0659. The van der Waals surface area contributed by atoms with E-state index in [0.717, 1.165) is 6.42 Å². The molecule has 0 bridgehead atoms. The number of carbonyl (C=O) groups is 1. The summed E-state index contributed by atoms with van der Waals surface area (Å²) in [5.41, 5.74) is 1.86. The third-order valence-corrected chi connectivity index (χ3v) is 4.28. The molecule has 2 heterocycles. The number of thiophene rings is 1. The minimum atomic E-state index is 0.0601. The average molecular weight is 291 g/mol. The largest absolute Gasteiger partial charge is 0.330 e. The van der Waals surface area contributed by atoms with Crippen LogP contribution >= 0.6 is 11.3 Å². The minimum Gasteiger partial charge on any atom is -0.330 e. The lowest BCUT2D eigenvalue weighted by Gasteiger charge is -2.28. The van der Waals surface area contributed by atoms with Gasteiger partial charge in [0.1, 0.15) is 5.69 Å². The molecule has 0 saturated carbocycles. The molecule has 20 heavy (non-hydrogen) atoms. The molecule has 0 aliphatic carbocycles. The molecule has 0 aliphatic heterocycles. The van der Waals surface area contributed by atoms with Crippen molar-refractivity contribution in [3.8, 4) is 0 Å². The van der Waals surface area contributed by atoms with Gasteiger partial charge in [0, 0.05) is 25.3 Å². The second-order valence-corrected chi connectivity index (χ2v) is 5.63. The lowest BCUT2D eigenvalue weighted by atomic mass is 10.1. The second kappa shape index (κ2) is 6.70. The van der Waals surface area contributed by atoms with E-state index in [0.29, 0.717) is 18.8 Å². The molecule has 2 aromatic rings. The zero-order valence-electron chi connectivity index (χ0n) is 12.2. The van der Waals surface area contributed by atoms with Gasteiger partial charge in [-0.25, -0.2) is 0 Å². The molecule has 1 atom stereocenters. The van der Waals surface area contributed by atoms with Gasteiger partial charge in [0.25, 0.3) is 5.91 Å². The molecule has 0 aliphatic rings. The van der Waals surface area contributed by atoms with E-state index in [4.69, 9.17) is 0 Å². The molecule has 5 heteroatoms. The summed E-state index contributed by atoms with van der Waals surface area (Å²) in [6.07, 6.45) is 2.63. The highest BCUT2D eigenvalue weighted by Gasteiger charge is 2.23. The van der Waals surface area contributed by atoms with Gasteiger partial charge in [0.2, 0.25) is 0 Å². The van der Waals surface area contributed by atoms with Gasteiger partial charge in [0.05, 0.1) is 0 Å². The predicted octanol–water partition coefficient (Wildman–Crippen LogP) is 3.41. The maximum Gasteiger partial charge on any atom is 0.272 e. The SMILES string of the molecule is CC[C@H](C)N(Cc1ccsc1)C(=O)c1ccnn1CC. The van der Waals surface area contributed by atoms with Crippen molar-refractivity contribution in [1.29, 1.82) is 0 Å². The summed E-state index contributed by atoms with van der Waals surface area (Å²) in [5.74, 6) is 0.0601. The third kappa shape index (κ3) is 3.10. The summed E-state index contributed by atoms with van der Waals surface area (Å²) < 4.78 is 1.76. The van der Waals surface area contributed by atoms with Crippen LogP contribution in [0.1, 0.15) is 43.2 Å². The van der Waals surface area contributed by atoms with Crippen LogP contribution in [-0.2, 0) is 13.1 Å². The van der Waals surface area contributed by atoms with Crippen LogP contribution in [0.15, 0.2) is 29.1 Å². The first-order valence-corrected chi connectivity index (χ1v) is 7.95. The van der Waals surface area contributed by atoms with Crippen LogP contribution in [0.2, 0.25) is 0 Å². The van der Waals surface area contributed by atoms with Crippen molar-refractivity contribution >= 4 is 17.2 Å². The Morgan fingerprint density at radius 3 is 2.85 bits per heavy atom. The molecule has 0 fully saturated rings. The van der Waals surface area contributed by atoms with Gasteiger partial charge >= 0.3 is 0 Å². The number of hydrogen-bond donors (Lipinski definition) is 0. The highest BCUT2D eigenvalue weighted by atomic mass is 32.1. The van der Waals surface area contributed by atoms with Gasteiger partial charge in [-0.2, -0.15) is 16.4 Å². The third-order valence-electron chi connectivity index (χ3n) is 3.55. The zero-order valence-corrected chi connectivity index (χ0v) is 13.1. The average Bonchev–Trinajstić information content (AvgIpc) is 3.13. The second-order valence-electron chi connectivity index (χ2n) is 4.85. The number of amides is 1. The van der Waals surface area contributed by atoms with Gasteiger partial charge in [-0.05, 0) is 48.7 Å². The molecule has 0 saturated heterocycles. The van der Waals surface area contributed by atoms with E-state index in [-0.39, 0.29) is 11.9 Å². The summed E-state index contributed by atoms with van der Waals surface area (Å²) in [6.45, 7) is 7.57. The van der Waals surface area contributed by atoms with Crippen molar-refractivity contribution in [2.45, 2.75) is 46.3 Å². The van der Waals surface area contributed by atoms with Crippen molar-refractivity contribution in [2.75, 3.05) is 0 Å². The summed E-state index contributed by atoms with van der Waals surface area (Å²) in [4.78, 5) is 14.7. The van der Waals surface area contributed by atoms with Gasteiger partial charge < -0.3 is 4.90 Å². The highest BCUT2D eigenvalue weighted by molar-refractivity contribution is 7.07. The van der Waals surface area contributed by atoms with E-state index in [1.165, 1.54) is 5.56 Å². The number of rotatable bonds is 6. The first-order valence-electron chi connectivity index (χ1n) is 7.01. The van der Waals surface area contributed by atoms with Gasteiger partial charge in [-0.1, -0.05) is 6.92 Å². The van der Waals surface area contributed by atoms with E-state index in [1.807, 2.05) is 17.2 Å². The van der Waals surface area contributed by atoms with E-state index >= 15 is 0 Å². The predicted molar refractivity (Wildman–Crippen MR) is 81.8 cm³/mol. The van der Waals surface area contributed by atoms with E-state index in [9.17, 15) is 4.79 Å². The Morgan fingerprint density at radius 2 is 2.25 bits per heavy atom. The van der Waals surface area contributed by atoms with Crippen molar-refractivity contribution in [2.24, 2.45) is 0 Å². The molecule has 2 aromatic heterocycles. The first kappa shape index (κ1) is 14.8. The van der Waals surface area contributed by atoms with Crippen LogP contribution in [0.5, 0.6) is 0 Å². The van der Waals surface area contributed by atoms with Crippen LogP contribution in [0.3, 0.4) is 0 Å². The number of aryl methyl sites for hydroxylation is 1. The fraction of sp³-hybridized carbons (Fsp3) is 0.467. The van der Waals surface area contributed by atoms with Crippen LogP contribution in [-0.4, -0.2) is 26.6 Å². The molecular weight excluding hydrogens is 270 g/mol. The lowest BCUT2D eigenvalue weighted by Crippen LogP contribution is -2.38. The van der Waals surface area contributed by atoms with Gasteiger partial charge in [-0.15, -0.1) is 0 Å². The molecule has 108 valence electrons. The number of aromatic nitrogens is 2. The molecule has 0 unspecified atom stereocenters. The topological polar surface area (TPSA) is 38.1 Å².